The summed E-state index contributed by atoms with van der Waals surface area (Å²) >= 11 is 4.89. The van der Waals surface area contributed by atoms with Crippen LogP contribution in [0.4, 0.5) is 0 Å². The van der Waals surface area contributed by atoms with Gasteiger partial charge in [0, 0.05) is 6.42 Å². The summed E-state index contributed by atoms with van der Waals surface area (Å²) in [4.78, 5) is 20.3. The van der Waals surface area contributed by atoms with Gasteiger partial charge in [0.05, 0.1) is 6.42 Å². The summed E-state index contributed by atoms with van der Waals surface area (Å²) in [5.41, 5.74) is 0. The second-order valence-electron chi connectivity index (χ2n) is 1.42. The summed E-state index contributed by atoms with van der Waals surface area (Å²) in [6.45, 7) is 1.70. The van der Waals surface area contributed by atoms with E-state index in [9.17, 15) is 9.59 Å². The van der Waals surface area contributed by atoms with Crippen molar-refractivity contribution in [2.24, 2.45) is 0 Å². The van der Waals surface area contributed by atoms with E-state index in [1.807, 2.05) is 0 Å². The maximum Gasteiger partial charge on any atom is 0.229 e. The summed E-state index contributed by atoms with van der Waals surface area (Å²) in [5.74, 6) is -0.106. The highest BCUT2D eigenvalue weighted by atomic mass is 35.5. The molecule has 8 heavy (non-hydrogen) atoms. The van der Waals surface area contributed by atoms with E-state index in [0.717, 1.165) is 0 Å². The van der Waals surface area contributed by atoms with Gasteiger partial charge in [0.15, 0.2) is 0 Å². The highest BCUT2D eigenvalue weighted by Crippen LogP contribution is 1.92. The Hall–Kier alpha value is -0.370. The Morgan fingerprint density at radius 2 is 2.00 bits per heavy atom. The van der Waals surface area contributed by atoms with Crippen molar-refractivity contribution in [3.63, 3.8) is 0 Å². The molecule has 0 unspecified atom stereocenters. The largest absolute Gasteiger partial charge is 0.299 e. The van der Waals surface area contributed by atoms with Gasteiger partial charge in [0.2, 0.25) is 5.24 Å². The molecule has 0 spiro atoms. The lowest BCUT2D eigenvalue weighted by Crippen LogP contribution is -1.99. The zero-order chi connectivity index (χ0) is 6.57. The Labute approximate surface area is 52.8 Å². The van der Waals surface area contributed by atoms with Gasteiger partial charge in [0.25, 0.3) is 0 Å². The van der Waals surface area contributed by atoms with Crippen LogP contribution in [0.5, 0.6) is 0 Å². The first-order chi connectivity index (χ1) is 3.66. The maximum absolute atomic E-state index is 10.3. The standard InChI is InChI=1S/C5H7ClO2/c1-2-4(7)3-5(6)8/h2-3H2,1H3. The minimum Gasteiger partial charge on any atom is -0.299 e. The monoisotopic (exact) mass is 134 g/mol. The van der Waals surface area contributed by atoms with Gasteiger partial charge in [-0.15, -0.1) is 0 Å². The van der Waals surface area contributed by atoms with E-state index in [-0.39, 0.29) is 12.2 Å². The fourth-order valence-electron chi connectivity index (χ4n) is 0.280. The third-order valence-corrected chi connectivity index (χ3v) is 0.864. The molecule has 0 saturated carbocycles. The van der Waals surface area contributed by atoms with Gasteiger partial charge < -0.3 is 0 Å². The van der Waals surface area contributed by atoms with Crippen LogP contribution < -0.4 is 0 Å². The van der Waals surface area contributed by atoms with Crippen molar-refractivity contribution in [2.75, 3.05) is 0 Å². The van der Waals surface area contributed by atoms with Crippen LogP contribution >= 0.6 is 11.6 Å². The molecule has 0 aromatic heterocycles. The van der Waals surface area contributed by atoms with E-state index in [4.69, 9.17) is 11.6 Å². The molecule has 0 bridgehead atoms. The molecule has 0 atom stereocenters. The number of carbonyl (C=O) groups excluding carboxylic acids is 2. The molecule has 0 saturated heterocycles. The molecule has 0 aliphatic rings. The average Bonchev–Trinajstić information content (AvgIpc) is 1.65. The minimum atomic E-state index is -0.572. The quantitative estimate of drug-likeness (QED) is 0.428. The molecule has 0 aromatic carbocycles. The Morgan fingerprint density at radius 1 is 1.50 bits per heavy atom. The molecule has 0 radical (unpaired) electrons. The number of ketones is 1. The summed E-state index contributed by atoms with van der Waals surface area (Å²) < 4.78 is 0. The second-order valence-corrected chi connectivity index (χ2v) is 1.85. The van der Waals surface area contributed by atoms with E-state index in [1.165, 1.54) is 0 Å². The van der Waals surface area contributed by atoms with Crippen LogP contribution in [0.25, 0.3) is 0 Å². The summed E-state index contributed by atoms with van der Waals surface area (Å²) in [6.07, 6.45) is 0.260. The molecule has 0 rings (SSSR count). The van der Waals surface area contributed by atoms with Gasteiger partial charge in [-0.3, -0.25) is 9.59 Å². The number of hydrogen-bond donors (Lipinski definition) is 0. The van der Waals surface area contributed by atoms with Crippen molar-refractivity contribution in [1.82, 2.24) is 0 Å². The zero-order valence-corrected chi connectivity index (χ0v) is 5.36. The Morgan fingerprint density at radius 3 is 2.12 bits per heavy atom. The van der Waals surface area contributed by atoms with Crippen LogP contribution in [0.1, 0.15) is 19.8 Å². The number of halogens is 1. The van der Waals surface area contributed by atoms with Gasteiger partial charge in [0.1, 0.15) is 5.78 Å². The summed E-state index contributed by atoms with van der Waals surface area (Å²) in [6, 6.07) is 0. The van der Waals surface area contributed by atoms with Gasteiger partial charge in [-0.1, -0.05) is 6.92 Å². The molecule has 2 nitrogen and oxygen atoms in total. The van der Waals surface area contributed by atoms with Crippen LogP contribution in [0.2, 0.25) is 0 Å². The third-order valence-electron chi connectivity index (χ3n) is 0.730. The first kappa shape index (κ1) is 7.63. The van der Waals surface area contributed by atoms with Gasteiger partial charge in [-0.25, -0.2) is 0 Å². The van der Waals surface area contributed by atoms with Crippen LogP contribution in [0, 0.1) is 0 Å². The topological polar surface area (TPSA) is 34.1 Å². The highest BCUT2D eigenvalue weighted by Gasteiger charge is 2.01. The lowest BCUT2D eigenvalue weighted by Gasteiger charge is -1.85. The Balaban J connectivity index is 3.40. The van der Waals surface area contributed by atoms with Crippen molar-refractivity contribution in [3.8, 4) is 0 Å². The molecule has 46 valence electrons. The third kappa shape index (κ3) is 3.81. The van der Waals surface area contributed by atoms with Gasteiger partial charge in [-0.05, 0) is 11.6 Å². The predicted molar refractivity (Wildman–Crippen MR) is 30.8 cm³/mol. The molecule has 0 fully saturated rings. The smallest absolute Gasteiger partial charge is 0.229 e. The van der Waals surface area contributed by atoms with Crippen LogP contribution in [0.15, 0.2) is 0 Å². The first-order valence-electron chi connectivity index (χ1n) is 2.36. The lowest BCUT2D eigenvalue weighted by atomic mass is 10.2. The zero-order valence-electron chi connectivity index (χ0n) is 4.61. The summed E-state index contributed by atoms with van der Waals surface area (Å²) in [5, 5.41) is -0.572. The first-order valence-corrected chi connectivity index (χ1v) is 2.74. The van der Waals surface area contributed by atoms with Crippen molar-refractivity contribution in [1.29, 1.82) is 0 Å². The Kier molecular flexibility index (Phi) is 3.44. The van der Waals surface area contributed by atoms with E-state index in [2.05, 4.69) is 0 Å². The number of carbonyl (C=O) groups is 2. The average molecular weight is 135 g/mol. The molecule has 0 aliphatic carbocycles. The number of Topliss-reactive ketones (excluding diaryl/α,β-unsaturated/α-hetero) is 1. The molecule has 0 amide bonds. The summed E-state index contributed by atoms with van der Waals surface area (Å²) in [7, 11) is 0. The predicted octanol–water partition coefficient (Wildman–Crippen LogP) is 1.12. The van der Waals surface area contributed by atoms with Crippen molar-refractivity contribution >= 4 is 22.6 Å². The second kappa shape index (κ2) is 3.61. The van der Waals surface area contributed by atoms with Gasteiger partial charge in [-0.2, -0.15) is 0 Å². The molecule has 0 aromatic rings. The van der Waals surface area contributed by atoms with E-state index in [0.29, 0.717) is 6.42 Å². The SMILES string of the molecule is CCC(=O)CC(=O)Cl. The fraction of sp³-hybridized carbons (Fsp3) is 0.600. The lowest BCUT2D eigenvalue weighted by molar-refractivity contribution is -0.123. The highest BCUT2D eigenvalue weighted by molar-refractivity contribution is 6.64. The molecular formula is C5H7ClO2. The molecule has 0 heterocycles. The van der Waals surface area contributed by atoms with E-state index in [1.54, 1.807) is 6.92 Å². The normalized spacial score (nSPS) is 8.75. The number of hydrogen-bond acceptors (Lipinski definition) is 2. The molecule has 0 N–H and O–H groups in total. The van der Waals surface area contributed by atoms with Gasteiger partial charge >= 0.3 is 0 Å². The van der Waals surface area contributed by atoms with E-state index >= 15 is 0 Å². The van der Waals surface area contributed by atoms with Crippen molar-refractivity contribution < 1.29 is 9.59 Å². The maximum atomic E-state index is 10.3. The van der Waals surface area contributed by atoms with Crippen LogP contribution in [-0.2, 0) is 9.59 Å². The van der Waals surface area contributed by atoms with Crippen molar-refractivity contribution in [3.05, 3.63) is 0 Å². The number of rotatable bonds is 3. The van der Waals surface area contributed by atoms with Crippen LogP contribution in [-0.4, -0.2) is 11.0 Å². The van der Waals surface area contributed by atoms with Crippen molar-refractivity contribution in [2.45, 2.75) is 19.8 Å². The fourth-order valence-corrected chi connectivity index (χ4v) is 0.429. The molecule has 3 heteroatoms. The molecular weight excluding hydrogens is 128 g/mol. The molecule has 0 aliphatic heterocycles. The minimum absolute atomic E-state index is 0.106. The van der Waals surface area contributed by atoms with Crippen LogP contribution in [0.3, 0.4) is 0 Å². The Bertz CT molecular complexity index is 109. The van der Waals surface area contributed by atoms with E-state index < -0.39 is 5.24 Å².